The number of amides is 1. The van der Waals surface area contributed by atoms with Gasteiger partial charge < -0.3 is 11.1 Å². The molecule has 0 aliphatic rings. The molecule has 1 amide bonds. The quantitative estimate of drug-likeness (QED) is 0.834. The van der Waals surface area contributed by atoms with Crippen molar-refractivity contribution in [3.8, 4) is 0 Å². The third kappa shape index (κ3) is 2.85. The second-order valence-corrected chi connectivity index (χ2v) is 4.41. The van der Waals surface area contributed by atoms with Crippen molar-refractivity contribution in [1.29, 1.82) is 0 Å². The first-order valence-electron chi connectivity index (χ1n) is 5.08. The number of hydrogen-bond acceptors (Lipinski definition) is 2. The summed E-state index contributed by atoms with van der Waals surface area (Å²) in [5.41, 5.74) is 7.63. The van der Waals surface area contributed by atoms with Crippen LogP contribution in [0, 0.1) is 0 Å². The van der Waals surface area contributed by atoms with Gasteiger partial charge in [0.2, 0.25) is 0 Å². The summed E-state index contributed by atoms with van der Waals surface area (Å²) in [6.45, 7) is 0. The fourth-order valence-electron chi connectivity index (χ4n) is 1.41. The highest BCUT2D eigenvalue weighted by Gasteiger charge is 2.05. The van der Waals surface area contributed by atoms with Gasteiger partial charge in [0.1, 0.15) is 0 Å². The maximum Gasteiger partial charge on any atom is 0.255 e. The van der Waals surface area contributed by atoms with Gasteiger partial charge >= 0.3 is 0 Å². The monoisotopic (exact) mass is 290 g/mol. The first-order chi connectivity index (χ1) is 8.16. The molecule has 0 fully saturated rings. The van der Waals surface area contributed by atoms with Gasteiger partial charge in [-0.2, -0.15) is 0 Å². The molecule has 0 bridgehead atoms. The summed E-state index contributed by atoms with van der Waals surface area (Å²) in [6.07, 6.45) is 0. The molecule has 0 aliphatic heterocycles. The number of nitrogens with two attached hydrogens (primary N) is 1. The first-order valence-corrected chi connectivity index (χ1v) is 5.87. The number of carbonyl (C=O) groups is 1. The second kappa shape index (κ2) is 5.01. The summed E-state index contributed by atoms with van der Waals surface area (Å²) < 4.78 is 0.815. The predicted molar refractivity (Wildman–Crippen MR) is 72.9 cm³/mol. The largest absolute Gasteiger partial charge is 0.398 e. The van der Waals surface area contributed by atoms with Crippen LogP contribution in [0.1, 0.15) is 10.4 Å². The summed E-state index contributed by atoms with van der Waals surface area (Å²) in [5.74, 6) is -0.146. The number of carbonyl (C=O) groups excluding carboxylic acids is 1. The lowest BCUT2D eigenvalue weighted by molar-refractivity contribution is 0.102. The summed E-state index contributed by atoms with van der Waals surface area (Å²) in [7, 11) is 0. The minimum atomic E-state index is -0.146. The Morgan fingerprint density at radius 1 is 1.12 bits per heavy atom. The number of nitrogen functional groups attached to an aromatic ring is 1. The molecule has 0 saturated heterocycles. The van der Waals surface area contributed by atoms with Crippen LogP contribution in [0.3, 0.4) is 0 Å². The molecule has 0 radical (unpaired) electrons. The maximum absolute atomic E-state index is 11.8. The molecule has 0 saturated carbocycles. The number of anilines is 2. The molecule has 0 heterocycles. The minimum absolute atomic E-state index is 0.146. The minimum Gasteiger partial charge on any atom is -0.398 e. The summed E-state index contributed by atoms with van der Waals surface area (Å²) >= 11 is 3.30. The Morgan fingerprint density at radius 3 is 2.47 bits per heavy atom. The van der Waals surface area contributed by atoms with Gasteiger partial charge in [0.25, 0.3) is 5.91 Å². The zero-order valence-electron chi connectivity index (χ0n) is 8.98. The first kappa shape index (κ1) is 11.7. The van der Waals surface area contributed by atoms with Crippen LogP contribution < -0.4 is 11.1 Å². The normalized spacial score (nSPS) is 9.94. The molecule has 3 nitrogen and oxygen atoms in total. The van der Waals surface area contributed by atoms with Gasteiger partial charge in [0.05, 0.1) is 0 Å². The summed E-state index contributed by atoms with van der Waals surface area (Å²) in [5, 5.41) is 2.79. The molecule has 0 aliphatic carbocycles. The molecule has 0 spiro atoms. The average molecular weight is 291 g/mol. The highest BCUT2D eigenvalue weighted by molar-refractivity contribution is 9.10. The smallest absolute Gasteiger partial charge is 0.255 e. The van der Waals surface area contributed by atoms with E-state index in [-0.39, 0.29) is 5.91 Å². The SMILES string of the molecule is Nc1cc(NC(=O)c2ccccc2)ccc1Br. The number of halogens is 1. The van der Waals surface area contributed by atoms with E-state index in [1.807, 2.05) is 18.2 Å². The lowest BCUT2D eigenvalue weighted by atomic mass is 10.2. The van der Waals surface area contributed by atoms with Crippen molar-refractivity contribution in [2.24, 2.45) is 0 Å². The van der Waals surface area contributed by atoms with E-state index in [1.165, 1.54) is 0 Å². The van der Waals surface area contributed by atoms with Crippen molar-refractivity contribution in [2.75, 3.05) is 11.1 Å². The van der Waals surface area contributed by atoms with Crippen molar-refractivity contribution in [2.45, 2.75) is 0 Å². The number of benzene rings is 2. The molecular weight excluding hydrogens is 280 g/mol. The van der Waals surface area contributed by atoms with Crippen LogP contribution in [0.4, 0.5) is 11.4 Å². The lowest BCUT2D eigenvalue weighted by Crippen LogP contribution is -2.11. The third-order valence-electron chi connectivity index (χ3n) is 2.29. The van der Waals surface area contributed by atoms with Gasteiger partial charge in [-0.3, -0.25) is 4.79 Å². The Hall–Kier alpha value is -1.81. The van der Waals surface area contributed by atoms with Gasteiger partial charge in [-0.05, 0) is 46.3 Å². The molecule has 0 atom stereocenters. The number of hydrogen-bond donors (Lipinski definition) is 2. The Labute approximate surface area is 108 Å². The van der Waals surface area contributed by atoms with Crippen LogP contribution >= 0.6 is 15.9 Å². The van der Waals surface area contributed by atoms with Crippen LogP contribution in [-0.2, 0) is 0 Å². The Morgan fingerprint density at radius 2 is 1.82 bits per heavy atom. The van der Waals surface area contributed by atoms with Crippen LogP contribution in [0.25, 0.3) is 0 Å². The molecule has 4 heteroatoms. The van der Waals surface area contributed by atoms with E-state index in [4.69, 9.17) is 5.73 Å². The van der Waals surface area contributed by atoms with Crippen LogP contribution in [0.15, 0.2) is 53.0 Å². The molecule has 3 N–H and O–H groups in total. The zero-order valence-corrected chi connectivity index (χ0v) is 10.6. The average Bonchev–Trinajstić information content (AvgIpc) is 2.35. The fourth-order valence-corrected chi connectivity index (χ4v) is 1.66. The Kier molecular flexibility index (Phi) is 3.44. The van der Waals surface area contributed by atoms with Crippen LogP contribution in [0.2, 0.25) is 0 Å². The maximum atomic E-state index is 11.8. The molecular formula is C13H11BrN2O. The van der Waals surface area contributed by atoms with E-state index in [2.05, 4.69) is 21.2 Å². The standard InChI is InChI=1S/C13H11BrN2O/c14-11-7-6-10(8-12(11)15)16-13(17)9-4-2-1-3-5-9/h1-8H,15H2,(H,16,17). The van der Waals surface area contributed by atoms with Gasteiger partial charge in [0.15, 0.2) is 0 Å². The Balaban J connectivity index is 2.16. The lowest BCUT2D eigenvalue weighted by Gasteiger charge is -2.06. The molecule has 2 aromatic rings. The number of nitrogens with one attached hydrogen (secondary N) is 1. The highest BCUT2D eigenvalue weighted by Crippen LogP contribution is 2.23. The second-order valence-electron chi connectivity index (χ2n) is 3.56. The zero-order chi connectivity index (χ0) is 12.3. The third-order valence-corrected chi connectivity index (χ3v) is 3.01. The van der Waals surface area contributed by atoms with E-state index >= 15 is 0 Å². The van der Waals surface area contributed by atoms with Gasteiger partial charge in [-0.1, -0.05) is 18.2 Å². The van der Waals surface area contributed by atoms with Crippen molar-refractivity contribution >= 4 is 33.2 Å². The van der Waals surface area contributed by atoms with Crippen molar-refractivity contribution in [3.63, 3.8) is 0 Å². The molecule has 0 unspecified atom stereocenters. The summed E-state index contributed by atoms with van der Waals surface area (Å²) in [4.78, 5) is 11.8. The molecule has 2 rings (SSSR count). The van der Waals surface area contributed by atoms with E-state index < -0.39 is 0 Å². The highest BCUT2D eigenvalue weighted by atomic mass is 79.9. The van der Waals surface area contributed by atoms with Gasteiger partial charge in [-0.25, -0.2) is 0 Å². The van der Waals surface area contributed by atoms with E-state index in [1.54, 1.807) is 30.3 Å². The van der Waals surface area contributed by atoms with E-state index in [9.17, 15) is 4.79 Å². The van der Waals surface area contributed by atoms with Crippen molar-refractivity contribution < 1.29 is 4.79 Å². The molecule has 2 aromatic carbocycles. The summed E-state index contributed by atoms with van der Waals surface area (Å²) in [6, 6.07) is 14.3. The predicted octanol–water partition coefficient (Wildman–Crippen LogP) is 3.28. The molecule has 0 aromatic heterocycles. The van der Waals surface area contributed by atoms with Gasteiger partial charge in [0, 0.05) is 21.4 Å². The van der Waals surface area contributed by atoms with Crippen LogP contribution in [0.5, 0.6) is 0 Å². The van der Waals surface area contributed by atoms with Crippen molar-refractivity contribution in [1.82, 2.24) is 0 Å². The molecule has 17 heavy (non-hydrogen) atoms. The Bertz CT molecular complexity index is 540. The topological polar surface area (TPSA) is 55.1 Å². The fraction of sp³-hybridized carbons (Fsp3) is 0. The van der Waals surface area contributed by atoms with E-state index in [0.717, 1.165) is 4.47 Å². The number of rotatable bonds is 2. The molecule has 86 valence electrons. The van der Waals surface area contributed by atoms with Gasteiger partial charge in [-0.15, -0.1) is 0 Å². The van der Waals surface area contributed by atoms with Crippen molar-refractivity contribution in [3.05, 3.63) is 58.6 Å². The van der Waals surface area contributed by atoms with E-state index in [0.29, 0.717) is 16.9 Å². The van der Waals surface area contributed by atoms with Crippen LogP contribution in [-0.4, -0.2) is 5.91 Å².